The number of rotatable bonds is 2. The summed E-state index contributed by atoms with van der Waals surface area (Å²) in [6.07, 6.45) is 2.86. The molecule has 2 aliphatic heterocycles. The molecule has 32 heavy (non-hydrogen) atoms. The number of aromatic nitrogens is 3. The fourth-order valence-electron chi connectivity index (χ4n) is 4.82. The van der Waals surface area contributed by atoms with Crippen LogP contribution in [0.25, 0.3) is 10.8 Å². The molecule has 164 valence electrons. The molecule has 4 heterocycles. The van der Waals surface area contributed by atoms with Crippen molar-refractivity contribution in [3.8, 4) is 0 Å². The maximum Gasteiger partial charge on any atom is 0.272 e. The monoisotopic (exact) mass is 432 g/mol. The van der Waals surface area contributed by atoms with Gasteiger partial charge in [-0.15, -0.1) is 0 Å². The number of fused-ring (bicyclic) bond motifs is 2. The molecule has 1 aromatic carbocycles. The number of H-pyrrole nitrogens is 1. The van der Waals surface area contributed by atoms with Crippen LogP contribution in [0.2, 0.25) is 0 Å². The van der Waals surface area contributed by atoms with Crippen LogP contribution in [-0.4, -0.2) is 57.7 Å². The van der Waals surface area contributed by atoms with E-state index >= 15 is 0 Å². The molecule has 0 unspecified atom stereocenters. The third kappa shape index (κ3) is 3.04. The zero-order chi connectivity index (χ0) is 22.5. The van der Waals surface area contributed by atoms with Gasteiger partial charge in [0.25, 0.3) is 11.5 Å². The Morgan fingerprint density at radius 1 is 1.09 bits per heavy atom. The number of anilines is 1. The second-order valence-electron chi connectivity index (χ2n) is 8.45. The minimum Gasteiger partial charge on any atom is -0.342 e. The van der Waals surface area contributed by atoms with E-state index in [1.54, 1.807) is 30.5 Å². The third-order valence-electron chi connectivity index (χ3n) is 6.75. The van der Waals surface area contributed by atoms with E-state index in [0.717, 1.165) is 0 Å². The largest absolute Gasteiger partial charge is 0.342 e. The van der Waals surface area contributed by atoms with Gasteiger partial charge in [0.2, 0.25) is 5.91 Å². The number of likely N-dealkylation sites (tertiary alicyclic amines) is 1. The first kappa shape index (κ1) is 20.2. The van der Waals surface area contributed by atoms with Gasteiger partial charge in [0, 0.05) is 44.6 Å². The summed E-state index contributed by atoms with van der Waals surface area (Å²) in [6.45, 7) is 2.81. The molecule has 2 aromatic heterocycles. The minimum atomic E-state index is -0.568. The predicted molar refractivity (Wildman–Crippen MR) is 119 cm³/mol. The molecular weight excluding hydrogens is 408 g/mol. The van der Waals surface area contributed by atoms with Crippen molar-refractivity contribution in [1.82, 2.24) is 25.4 Å². The van der Waals surface area contributed by atoms with E-state index in [1.807, 2.05) is 35.9 Å². The van der Waals surface area contributed by atoms with Crippen molar-refractivity contribution in [2.75, 3.05) is 25.0 Å². The molecule has 9 nitrogen and oxygen atoms in total. The molecule has 1 atom stereocenters. The Bertz CT molecular complexity index is 1280. The topological polar surface area (TPSA) is 111 Å². The van der Waals surface area contributed by atoms with E-state index in [1.165, 1.54) is 0 Å². The number of carbonyl (C=O) groups is 2. The van der Waals surface area contributed by atoms with E-state index in [9.17, 15) is 14.4 Å². The van der Waals surface area contributed by atoms with E-state index in [-0.39, 0.29) is 17.4 Å². The number of carbonyl (C=O) groups excluding carboxylic acids is 2. The van der Waals surface area contributed by atoms with Crippen molar-refractivity contribution in [2.24, 2.45) is 0 Å². The first-order valence-corrected chi connectivity index (χ1v) is 10.7. The molecular formula is C23H24N6O3. The molecule has 1 fully saturated rings. The van der Waals surface area contributed by atoms with Crippen LogP contribution in [0, 0.1) is 0 Å². The molecule has 3 aromatic rings. The summed E-state index contributed by atoms with van der Waals surface area (Å²) >= 11 is 0. The standard InChI is InChI=1S/C23H24N6O3/c1-14(18-15-6-3-4-7-16(15)21(31)27-26-18)22(32)29-12-9-23(10-13-29)25-20(30)17-8-5-11-24-19(17)28(23)2/h3-8,11,14H,9-10,12-13H2,1-2H3,(H,25,30)(H,27,31)/t14-/m0/s1. The second kappa shape index (κ2) is 7.44. The molecule has 9 heteroatoms. The molecule has 0 saturated carbocycles. The SMILES string of the molecule is C[C@H](C(=O)N1CCC2(CC1)NC(=O)c1cccnc1N2C)c1n[nH]c(=O)c2ccccc12. The molecule has 1 spiro atoms. The molecule has 0 radical (unpaired) electrons. The zero-order valence-electron chi connectivity index (χ0n) is 18.0. The van der Waals surface area contributed by atoms with Crippen LogP contribution >= 0.6 is 0 Å². The van der Waals surface area contributed by atoms with Crippen LogP contribution in [0.4, 0.5) is 5.82 Å². The normalized spacial score (nSPS) is 18.4. The van der Waals surface area contributed by atoms with Gasteiger partial charge in [-0.2, -0.15) is 5.10 Å². The lowest BCUT2D eigenvalue weighted by molar-refractivity contribution is -0.134. The summed E-state index contributed by atoms with van der Waals surface area (Å²) in [4.78, 5) is 46.3. The summed E-state index contributed by atoms with van der Waals surface area (Å²) in [6, 6.07) is 10.7. The molecule has 2 amide bonds. The number of aromatic amines is 1. The highest BCUT2D eigenvalue weighted by Crippen LogP contribution is 2.35. The zero-order valence-corrected chi connectivity index (χ0v) is 18.0. The molecule has 2 aliphatic rings. The van der Waals surface area contributed by atoms with Gasteiger partial charge in [-0.25, -0.2) is 10.1 Å². The van der Waals surface area contributed by atoms with E-state index in [0.29, 0.717) is 53.8 Å². The highest BCUT2D eigenvalue weighted by molar-refractivity contribution is 6.01. The van der Waals surface area contributed by atoms with Gasteiger partial charge in [-0.3, -0.25) is 14.4 Å². The van der Waals surface area contributed by atoms with Crippen molar-refractivity contribution in [1.29, 1.82) is 0 Å². The number of benzene rings is 1. The van der Waals surface area contributed by atoms with Crippen LogP contribution in [0.3, 0.4) is 0 Å². The number of amides is 2. The van der Waals surface area contributed by atoms with Crippen molar-refractivity contribution in [3.63, 3.8) is 0 Å². The van der Waals surface area contributed by atoms with Crippen LogP contribution in [0.5, 0.6) is 0 Å². The van der Waals surface area contributed by atoms with Crippen LogP contribution in [-0.2, 0) is 4.79 Å². The van der Waals surface area contributed by atoms with E-state index < -0.39 is 11.6 Å². The Labute approximate surface area is 184 Å². The van der Waals surface area contributed by atoms with Crippen molar-refractivity contribution in [3.05, 3.63) is 64.2 Å². The van der Waals surface area contributed by atoms with Gasteiger partial charge < -0.3 is 15.1 Å². The number of pyridine rings is 1. The van der Waals surface area contributed by atoms with Crippen molar-refractivity contribution in [2.45, 2.75) is 31.3 Å². The van der Waals surface area contributed by atoms with Gasteiger partial charge in [-0.1, -0.05) is 18.2 Å². The number of piperidine rings is 1. The highest BCUT2D eigenvalue weighted by Gasteiger charge is 2.45. The molecule has 2 N–H and O–H groups in total. The average molecular weight is 432 g/mol. The Morgan fingerprint density at radius 3 is 2.56 bits per heavy atom. The van der Waals surface area contributed by atoms with Crippen molar-refractivity contribution < 1.29 is 9.59 Å². The number of hydrogen-bond acceptors (Lipinski definition) is 6. The quantitative estimate of drug-likeness (QED) is 0.637. The van der Waals surface area contributed by atoms with E-state index in [2.05, 4.69) is 20.5 Å². The molecule has 5 rings (SSSR count). The number of hydrogen-bond donors (Lipinski definition) is 2. The molecule has 0 bridgehead atoms. The van der Waals surface area contributed by atoms with Crippen LogP contribution in [0.1, 0.15) is 41.7 Å². The Kier molecular flexibility index (Phi) is 4.69. The van der Waals surface area contributed by atoms with Gasteiger partial charge >= 0.3 is 0 Å². The highest BCUT2D eigenvalue weighted by atomic mass is 16.2. The fourth-order valence-corrected chi connectivity index (χ4v) is 4.82. The summed E-state index contributed by atoms with van der Waals surface area (Å²) in [5, 5.41) is 11.1. The second-order valence-corrected chi connectivity index (χ2v) is 8.45. The lowest BCUT2D eigenvalue weighted by atomic mass is 9.90. The smallest absolute Gasteiger partial charge is 0.272 e. The Morgan fingerprint density at radius 2 is 1.81 bits per heavy atom. The maximum atomic E-state index is 13.3. The summed E-state index contributed by atoms with van der Waals surface area (Å²) < 4.78 is 0. The summed E-state index contributed by atoms with van der Waals surface area (Å²) in [5.74, 6) is -0.0312. The lowest BCUT2D eigenvalue weighted by Gasteiger charge is -2.50. The van der Waals surface area contributed by atoms with Gasteiger partial charge in [0.1, 0.15) is 11.5 Å². The Balaban J connectivity index is 1.36. The number of nitrogens with one attached hydrogen (secondary N) is 2. The van der Waals surface area contributed by atoms with Gasteiger partial charge in [0.05, 0.1) is 22.6 Å². The first-order valence-electron chi connectivity index (χ1n) is 10.7. The minimum absolute atomic E-state index is 0.0483. The van der Waals surface area contributed by atoms with Crippen LogP contribution in [0.15, 0.2) is 47.4 Å². The first-order chi connectivity index (χ1) is 15.4. The molecule has 0 aliphatic carbocycles. The fraction of sp³-hybridized carbons (Fsp3) is 0.348. The average Bonchev–Trinajstić information content (AvgIpc) is 2.83. The summed E-state index contributed by atoms with van der Waals surface area (Å²) in [5.41, 5.74) is 0.283. The van der Waals surface area contributed by atoms with Crippen molar-refractivity contribution >= 4 is 28.4 Å². The predicted octanol–water partition coefficient (Wildman–Crippen LogP) is 1.62. The molecule has 1 saturated heterocycles. The van der Waals surface area contributed by atoms with Gasteiger partial charge in [0.15, 0.2) is 0 Å². The number of nitrogens with zero attached hydrogens (tertiary/aromatic N) is 4. The van der Waals surface area contributed by atoms with Gasteiger partial charge in [-0.05, 0) is 25.1 Å². The Hall–Kier alpha value is -3.75. The maximum absolute atomic E-state index is 13.3. The van der Waals surface area contributed by atoms with Crippen LogP contribution < -0.4 is 15.8 Å². The third-order valence-corrected chi connectivity index (χ3v) is 6.75. The lowest BCUT2D eigenvalue weighted by Crippen LogP contribution is -2.67. The summed E-state index contributed by atoms with van der Waals surface area (Å²) in [7, 11) is 1.93. The van der Waals surface area contributed by atoms with E-state index in [4.69, 9.17) is 0 Å².